The number of hydrogen-bond donors (Lipinski definition) is 2. The van der Waals surface area contributed by atoms with Crippen LogP contribution in [0.25, 0.3) is 0 Å². The summed E-state index contributed by atoms with van der Waals surface area (Å²) in [5, 5.41) is -0.185. The molecule has 0 saturated heterocycles. The first kappa shape index (κ1) is 19.5. The Hall–Kier alpha value is -0.540. The third-order valence-electron chi connectivity index (χ3n) is 3.50. The van der Waals surface area contributed by atoms with Crippen LogP contribution in [0.4, 0.5) is 13.2 Å². The van der Waals surface area contributed by atoms with Gasteiger partial charge in [0.15, 0.2) is 0 Å². The van der Waals surface area contributed by atoms with Crippen molar-refractivity contribution in [1.82, 2.24) is 4.72 Å². The van der Waals surface area contributed by atoms with E-state index in [2.05, 4.69) is 4.72 Å². The summed E-state index contributed by atoms with van der Waals surface area (Å²) in [6.45, 7) is -0.0880. The Kier molecular flexibility index (Phi) is 5.79. The Balaban J connectivity index is 0.00000242. The summed E-state index contributed by atoms with van der Waals surface area (Å²) in [6, 6.07) is 2.54. The summed E-state index contributed by atoms with van der Waals surface area (Å²) in [7, 11) is -4.31. The van der Waals surface area contributed by atoms with Crippen molar-refractivity contribution in [2.24, 2.45) is 5.73 Å². The smallest absolute Gasteiger partial charge is 0.324 e. The molecule has 1 aliphatic rings. The highest BCUT2D eigenvalue weighted by molar-refractivity contribution is 7.89. The zero-order valence-corrected chi connectivity index (χ0v) is 13.7. The molecular formula is C12H15Cl2F3N2O2S. The van der Waals surface area contributed by atoms with Gasteiger partial charge in [-0.2, -0.15) is 13.2 Å². The molecule has 2 rings (SSSR count). The standard InChI is InChI=1S/C12H14ClF3N2O2S.ClH/c13-8-2-3-10(9(6-8)12(14,15)16)21(19,20)18-7-11(17)4-1-5-11;/h2-3,6,18H,1,4-5,7,17H2;1H. The number of rotatable bonds is 4. The second-order valence-corrected chi connectivity index (χ2v) is 7.35. The van der Waals surface area contributed by atoms with Crippen molar-refractivity contribution in [1.29, 1.82) is 0 Å². The van der Waals surface area contributed by atoms with Gasteiger partial charge in [0.2, 0.25) is 10.0 Å². The van der Waals surface area contributed by atoms with Gasteiger partial charge < -0.3 is 5.73 Å². The lowest BCUT2D eigenvalue weighted by molar-refractivity contribution is -0.139. The molecule has 0 atom stereocenters. The lowest BCUT2D eigenvalue weighted by Crippen LogP contribution is -2.54. The van der Waals surface area contributed by atoms with Gasteiger partial charge in [0.25, 0.3) is 0 Å². The SMILES string of the molecule is Cl.NC1(CNS(=O)(=O)c2ccc(Cl)cc2C(F)(F)F)CCC1. The highest BCUT2D eigenvalue weighted by atomic mass is 35.5. The van der Waals surface area contributed by atoms with Crippen molar-refractivity contribution in [2.45, 2.75) is 35.9 Å². The summed E-state index contributed by atoms with van der Waals surface area (Å²) in [4.78, 5) is -0.845. The van der Waals surface area contributed by atoms with Gasteiger partial charge in [-0.05, 0) is 37.5 Å². The fraction of sp³-hybridized carbons (Fsp3) is 0.500. The molecule has 4 nitrogen and oxygen atoms in total. The van der Waals surface area contributed by atoms with Crippen LogP contribution in [0, 0.1) is 0 Å². The van der Waals surface area contributed by atoms with Gasteiger partial charge in [0, 0.05) is 17.1 Å². The molecule has 1 aromatic rings. The second kappa shape index (κ2) is 6.52. The van der Waals surface area contributed by atoms with Crippen LogP contribution < -0.4 is 10.5 Å². The number of hydrogen-bond acceptors (Lipinski definition) is 3. The van der Waals surface area contributed by atoms with Crippen LogP contribution in [0.1, 0.15) is 24.8 Å². The molecule has 0 heterocycles. The number of halogens is 5. The van der Waals surface area contributed by atoms with Crippen LogP contribution in [-0.4, -0.2) is 20.5 Å². The lowest BCUT2D eigenvalue weighted by atomic mass is 9.78. The van der Waals surface area contributed by atoms with E-state index in [-0.39, 0.29) is 24.0 Å². The van der Waals surface area contributed by atoms with Gasteiger partial charge in [-0.3, -0.25) is 0 Å². The molecule has 3 N–H and O–H groups in total. The third-order valence-corrected chi connectivity index (χ3v) is 5.19. The van der Waals surface area contributed by atoms with Crippen LogP contribution in [0.3, 0.4) is 0 Å². The highest BCUT2D eigenvalue weighted by Crippen LogP contribution is 2.36. The largest absolute Gasteiger partial charge is 0.417 e. The molecular weight excluding hydrogens is 364 g/mol. The Labute approximate surface area is 137 Å². The van der Waals surface area contributed by atoms with Gasteiger partial charge in [-0.25, -0.2) is 13.1 Å². The Morgan fingerprint density at radius 2 is 1.91 bits per heavy atom. The number of benzene rings is 1. The van der Waals surface area contributed by atoms with Crippen molar-refractivity contribution < 1.29 is 21.6 Å². The minimum absolute atomic E-state index is 0. The van der Waals surface area contributed by atoms with Crippen molar-refractivity contribution in [3.8, 4) is 0 Å². The molecule has 10 heteroatoms. The zero-order valence-electron chi connectivity index (χ0n) is 11.3. The van der Waals surface area contributed by atoms with Gasteiger partial charge in [-0.1, -0.05) is 11.6 Å². The first-order valence-electron chi connectivity index (χ1n) is 6.19. The van der Waals surface area contributed by atoms with E-state index >= 15 is 0 Å². The van der Waals surface area contributed by atoms with E-state index < -0.39 is 32.2 Å². The van der Waals surface area contributed by atoms with Gasteiger partial charge >= 0.3 is 6.18 Å². The number of alkyl halides is 3. The average molecular weight is 379 g/mol. The molecule has 0 bridgehead atoms. The Morgan fingerprint density at radius 3 is 2.36 bits per heavy atom. The molecule has 0 aromatic heterocycles. The summed E-state index contributed by atoms with van der Waals surface area (Å²) in [5.41, 5.74) is 3.91. The minimum atomic E-state index is -4.81. The second-order valence-electron chi connectivity index (χ2n) is 5.18. The molecule has 1 saturated carbocycles. The van der Waals surface area contributed by atoms with Gasteiger partial charge in [0.05, 0.1) is 10.5 Å². The maximum atomic E-state index is 12.9. The molecule has 0 spiro atoms. The quantitative estimate of drug-likeness (QED) is 0.845. The van der Waals surface area contributed by atoms with E-state index in [1.165, 1.54) is 0 Å². The fourth-order valence-corrected chi connectivity index (χ4v) is 3.60. The fourth-order valence-electron chi connectivity index (χ4n) is 2.08. The van der Waals surface area contributed by atoms with E-state index in [1.807, 2.05) is 0 Å². The van der Waals surface area contributed by atoms with Crippen LogP contribution in [0.2, 0.25) is 5.02 Å². The molecule has 1 fully saturated rings. The van der Waals surface area contributed by atoms with E-state index in [9.17, 15) is 21.6 Å². The number of nitrogens with one attached hydrogen (secondary N) is 1. The molecule has 0 aliphatic heterocycles. The normalized spacial score (nSPS) is 17.5. The van der Waals surface area contributed by atoms with Crippen LogP contribution in [0.15, 0.2) is 23.1 Å². The molecule has 0 unspecified atom stereocenters. The average Bonchev–Trinajstić information content (AvgIpc) is 2.33. The monoisotopic (exact) mass is 378 g/mol. The predicted octanol–water partition coefficient (Wildman–Crippen LogP) is 2.94. The molecule has 1 aliphatic carbocycles. The maximum Gasteiger partial charge on any atom is 0.417 e. The summed E-state index contributed by atoms with van der Waals surface area (Å²) in [5.74, 6) is 0. The van der Waals surface area contributed by atoms with Crippen molar-refractivity contribution in [3.63, 3.8) is 0 Å². The van der Waals surface area contributed by atoms with Crippen LogP contribution in [0.5, 0.6) is 0 Å². The van der Waals surface area contributed by atoms with Crippen LogP contribution in [-0.2, 0) is 16.2 Å². The summed E-state index contributed by atoms with van der Waals surface area (Å²) in [6.07, 6.45) is -2.65. The minimum Gasteiger partial charge on any atom is -0.324 e. The lowest BCUT2D eigenvalue weighted by Gasteiger charge is -2.38. The molecule has 0 radical (unpaired) electrons. The number of sulfonamides is 1. The predicted molar refractivity (Wildman–Crippen MR) is 79.7 cm³/mol. The maximum absolute atomic E-state index is 12.9. The van der Waals surface area contributed by atoms with Crippen molar-refractivity contribution in [3.05, 3.63) is 28.8 Å². The van der Waals surface area contributed by atoms with Crippen molar-refractivity contribution >= 4 is 34.0 Å². The van der Waals surface area contributed by atoms with E-state index in [0.717, 1.165) is 18.6 Å². The van der Waals surface area contributed by atoms with E-state index in [1.54, 1.807) is 0 Å². The molecule has 1 aromatic carbocycles. The van der Waals surface area contributed by atoms with E-state index in [0.29, 0.717) is 18.9 Å². The topological polar surface area (TPSA) is 72.2 Å². The van der Waals surface area contributed by atoms with E-state index in [4.69, 9.17) is 17.3 Å². The van der Waals surface area contributed by atoms with Gasteiger partial charge in [-0.15, -0.1) is 12.4 Å². The zero-order chi connectivity index (χ0) is 15.9. The Bertz CT molecular complexity index is 646. The molecule has 22 heavy (non-hydrogen) atoms. The third kappa shape index (κ3) is 4.26. The number of nitrogens with two attached hydrogens (primary N) is 1. The summed E-state index contributed by atoms with van der Waals surface area (Å²) >= 11 is 5.52. The molecule has 126 valence electrons. The van der Waals surface area contributed by atoms with Gasteiger partial charge in [0.1, 0.15) is 0 Å². The molecule has 0 amide bonds. The Morgan fingerprint density at radius 1 is 1.32 bits per heavy atom. The van der Waals surface area contributed by atoms with Crippen LogP contribution >= 0.6 is 24.0 Å². The first-order valence-corrected chi connectivity index (χ1v) is 8.05. The first-order chi connectivity index (χ1) is 9.54. The highest BCUT2D eigenvalue weighted by Gasteiger charge is 2.39. The summed E-state index contributed by atoms with van der Waals surface area (Å²) < 4.78 is 65.1. The van der Waals surface area contributed by atoms with Crippen molar-refractivity contribution in [2.75, 3.05) is 6.54 Å².